The smallest absolute Gasteiger partial charge is 0.225 e. The molecule has 3 atom stereocenters. The van der Waals surface area contributed by atoms with Gasteiger partial charge in [-0.25, -0.2) is 0 Å². The van der Waals surface area contributed by atoms with Gasteiger partial charge < -0.3 is 14.0 Å². The molecule has 0 aromatic heterocycles. The summed E-state index contributed by atoms with van der Waals surface area (Å²) in [6.45, 7) is 5.96. The Bertz CT molecular complexity index is 246. The molecule has 0 radical (unpaired) electrons. The zero-order chi connectivity index (χ0) is 11.5. The van der Waals surface area contributed by atoms with Crippen LogP contribution in [0.15, 0.2) is 0 Å². The normalized spacial score (nSPS) is 30.7. The first-order valence-corrected chi connectivity index (χ1v) is 7.63. The van der Waals surface area contributed by atoms with Crippen LogP contribution in [-0.4, -0.2) is 45.7 Å². The Kier molecular flexibility index (Phi) is 4.84. The van der Waals surface area contributed by atoms with E-state index in [2.05, 4.69) is 0 Å². The second-order valence-corrected chi connectivity index (χ2v) is 6.96. The van der Waals surface area contributed by atoms with Crippen molar-refractivity contribution in [2.24, 2.45) is 0 Å². The third-order valence-electron chi connectivity index (χ3n) is 2.14. The fraction of sp³-hybridized carbons (Fsp3) is 1.00. The van der Waals surface area contributed by atoms with Crippen LogP contribution in [0, 0.1) is 0 Å². The van der Waals surface area contributed by atoms with E-state index >= 15 is 0 Å². The van der Waals surface area contributed by atoms with Gasteiger partial charge in [0.2, 0.25) is 7.37 Å². The van der Waals surface area contributed by atoms with Crippen LogP contribution in [0.5, 0.6) is 0 Å². The van der Waals surface area contributed by atoms with Gasteiger partial charge in [-0.2, -0.15) is 0 Å². The quantitative estimate of drug-likeness (QED) is 0.526. The van der Waals surface area contributed by atoms with Crippen LogP contribution in [0.4, 0.5) is 0 Å². The molecule has 1 fully saturated rings. The highest BCUT2D eigenvalue weighted by Crippen LogP contribution is 2.44. The molecule has 88 valence electrons. The fourth-order valence-electron chi connectivity index (χ4n) is 1.61. The first-order chi connectivity index (χ1) is 6.89. The molecule has 0 aromatic carbocycles. The zero-order valence-electron chi connectivity index (χ0n) is 9.93. The van der Waals surface area contributed by atoms with Gasteiger partial charge in [0.1, 0.15) is 14.2 Å². The molecule has 0 saturated carbocycles. The third-order valence-corrected chi connectivity index (χ3v) is 3.63. The molecule has 0 aliphatic carbocycles. The summed E-state index contributed by atoms with van der Waals surface area (Å²) in [5.41, 5.74) is 0. The van der Waals surface area contributed by atoms with Crippen LogP contribution in [0.1, 0.15) is 20.3 Å². The molecule has 1 heterocycles. The minimum absolute atomic E-state index is 0.0248. The van der Waals surface area contributed by atoms with Gasteiger partial charge in [-0.3, -0.25) is 4.57 Å². The summed E-state index contributed by atoms with van der Waals surface area (Å²) in [5, 5.41) is 0. The van der Waals surface area contributed by atoms with Crippen molar-refractivity contribution in [1.82, 2.24) is 0 Å². The summed E-state index contributed by atoms with van der Waals surface area (Å²) in [5.74, 6) is 0. The van der Waals surface area contributed by atoms with Crippen molar-refractivity contribution in [3.8, 4) is 0 Å². The Labute approximate surface area is 92.5 Å². The minimum Gasteiger partial charge on any atom is -0.384 e. The predicted molar refractivity (Wildman–Crippen MR) is 62.4 cm³/mol. The number of hydrogen-bond donors (Lipinski definition) is 0. The molecule has 1 rings (SSSR count). The van der Waals surface area contributed by atoms with Gasteiger partial charge in [-0.1, -0.05) is 0 Å². The third kappa shape index (κ3) is 5.16. The number of ether oxygens (including phenoxy) is 2. The van der Waals surface area contributed by atoms with Crippen LogP contribution in [0.3, 0.4) is 0 Å². The average molecular weight is 234 g/mol. The molecule has 0 aromatic rings. The molecular weight excluding hydrogens is 214 g/mol. The highest BCUT2D eigenvalue weighted by molar-refractivity contribution is 7.57. The lowest BCUT2D eigenvalue weighted by Gasteiger charge is -2.18. The Balaban J connectivity index is 2.27. The Hall–Kier alpha value is 0.175. The van der Waals surface area contributed by atoms with Crippen LogP contribution in [0.25, 0.3) is 0 Å². The van der Waals surface area contributed by atoms with Crippen molar-refractivity contribution >= 4 is 15.2 Å². The average Bonchev–Trinajstić information content (AvgIpc) is 2.46. The number of rotatable bonds is 5. The standard InChI is InChI=1S/C9H20BO4P/c1-7(2)14-15(3,11)6-13-8-4-9(10)12-5-8/h7-9H,4-6,10H2,1-3H3/t8-,9-,15?/m1/s1. The van der Waals surface area contributed by atoms with Crippen molar-refractivity contribution < 1.29 is 18.6 Å². The summed E-state index contributed by atoms with van der Waals surface area (Å²) < 4.78 is 28.1. The van der Waals surface area contributed by atoms with E-state index < -0.39 is 7.37 Å². The maximum Gasteiger partial charge on any atom is 0.225 e. The van der Waals surface area contributed by atoms with Crippen LogP contribution in [-0.2, 0) is 18.6 Å². The highest BCUT2D eigenvalue weighted by atomic mass is 31.2. The van der Waals surface area contributed by atoms with E-state index in [1.54, 1.807) is 6.66 Å². The van der Waals surface area contributed by atoms with Gasteiger partial charge in [-0.05, 0) is 20.3 Å². The molecule has 0 amide bonds. The first-order valence-electron chi connectivity index (χ1n) is 5.37. The van der Waals surface area contributed by atoms with Crippen molar-refractivity contribution in [2.75, 3.05) is 19.6 Å². The SMILES string of the molecule is B[C@H]1C[C@@H](OCP(C)(=O)OC(C)C)CO1. The van der Waals surface area contributed by atoms with E-state index in [0.717, 1.165) is 6.42 Å². The number of hydrogen-bond acceptors (Lipinski definition) is 4. The molecule has 0 N–H and O–H groups in total. The van der Waals surface area contributed by atoms with E-state index in [4.69, 9.17) is 14.0 Å². The Morgan fingerprint density at radius 3 is 2.73 bits per heavy atom. The van der Waals surface area contributed by atoms with E-state index in [9.17, 15) is 4.57 Å². The van der Waals surface area contributed by atoms with Gasteiger partial charge in [0.15, 0.2) is 0 Å². The van der Waals surface area contributed by atoms with E-state index in [-0.39, 0.29) is 24.6 Å². The lowest BCUT2D eigenvalue weighted by molar-refractivity contribution is 0.0604. The van der Waals surface area contributed by atoms with E-state index in [1.165, 1.54) is 0 Å². The summed E-state index contributed by atoms with van der Waals surface area (Å²) in [4.78, 5) is 0. The van der Waals surface area contributed by atoms with Crippen LogP contribution in [0.2, 0.25) is 0 Å². The second kappa shape index (κ2) is 5.49. The predicted octanol–water partition coefficient (Wildman–Crippen LogP) is 1.04. The Morgan fingerprint density at radius 1 is 1.60 bits per heavy atom. The summed E-state index contributed by atoms with van der Waals surface area (Å²) >= 11 is 0. The summed E-state index contributed by atoms with van der Waals surface area (Å²) in [6, 6.07) is 0.247. The van der Waals surface area contributed by atoms with Gasteiger partial charge in [0, 0.05) is 12.7 Å². The minimum atomic E-state index is -2.60. The second-order valence-electron chi connectivity index (χ2n) is 4.47. The van der Waals surface area contributed by atoms with Gasteiger partial charge >= 0.3 is 0 Å². The molecule has 1 aliphatic rings. The maximum atomic E-state index is 11.9. The highest BCUT2D eigenvalue weighted by Gasteiger charge is 2.26. The maximum absolute atomic E-state index is 11.9. The van der Waals surface area contributed by atoms with Crippen molar-refractivity contribution in [1.29, 1.82) is 0 Å². The molecule has 1 saturated heterocycles. The topological polar surface area (TPSA) is 44.8 Å². The summed E-state index contributed by atoms with van der Waals surface area (Å²) in [6.07, 6.45) is 1.11. The lowest BCUT2D eigenvalue weighted by Crippen LogP contribution is -2.15. The molecular formula is C9H20BO4P. The first kappa shape index (κ1) is 13.2. The van der Waals surface area contributed by atoms with Crippen molar-refractivity contribution in [3.63, 3.8) is 0 Å². The molecule has 1 aliphatic heterocycles. The molecule has 1 unspecified atom stereocenters. The molecule has 15 heavy (non-hydrogen) atoms. The van der Waals surface area contributed by atoms with E-state index in [1.807, 2.05) is 21.7 Å². The van der Waals surface area contributed by atoms with Gasteiger partial charge in [0.05, 0.1) is 18.8 Å². The van der Waals surface area contributed by atoms with Gasteiger partial charge in [-0.15, -0.1) is 0 Å². The molecule has 4 nitrogen and oxygen atoms in total. The van der Waals surface area contributed by atoms with Crippen LogP contribution >= 0.6 is 7.37 Å². The lowest BCUT2D eigenvalue weighted by atomic mass is 9.97. The summed E-state index contributed by atoms with van der Waals surface area (Å²) in [7, 11) is -0.585. The van der Waals surface area contributed by atoms with E-state index in [0.29, 0.717) is 6.61 Å². The van der Waals surface area contributed by atoms with Crippen LogP contribution < -0.4 is 0 Å². The monoisotopic (exact) mass is 234 g/mol. The van der Waals surface area contributed by atoms with Crippen molar-refractivity contribution in [3.05, 3.63) is 0 Å². The zero-order valence-corrected chi connectivity index (χ0v) is 10.8. The van der Waals surface area contributed by atoms with Crippen molar-refractivity contribution in [2.45, 2.75) is 38.5 Å². The molecule has 0 spiro atoms. The Morgan fingerprint density at radius 2 is 2.27 bits per heavy atom. The largest absolute Gasteiger partial charge is 0.384 e. The molecule has 6 heteroatoms. The fourth-order valence-corrected chi connectivity index (χ4v) is 3.05. The molecule has 0 bridgehead atoms. The van der Waals surface area contributed by atoms with Gasteiger partial charge in [0.25, 0.3) is 0 Å².